The van der Waals surface area contributed by atoms with Crippen LogP contribution in [-0.4, -0.2) is 79.9 Å². The van der Waals surface area contributed by atoms with Crippen LogP contribution < -0.4 is 10.2 Å². The van der Waals surface area contributed by atoms with E-state index in [1.54, 1.807) is 5.56 Å². The average Bonchev–Trinajstić information content (AvgIpc) is 2.83. The standard InChI is InChI=1S/C27H37N5O/c1-30(26-9-2-5-20-7-4-10-28-27(20)26)17-22-15-24-21(16-29-22)6-3-8-25(24)32-18-23(19-32)31-11-13-33-14-12-31/h3-4,6-8,10,22-23,26,29H,2,5,9,11-19H2,1H3/t22-,26+/m1/s1. The molecular weight excluding hydrogens is 410 g/mol. The van der Waals surface area contributed by atoms with Crippen molar-refractivity contribution < 1.29 is 4.74 Å². The summed E-state index contributed by atoms with van der Waals surface area (Å²) in [7, 11) is 2.29. The number of fused-ring (bicyclic) bond motifs is 2. The van der Waals surface area contributed by atoms with Crippen LogP contribution in [0.15, 0.2) is 36.5 Å². The molecule has 0 radical (unpaired) electrons. The third-order valence-electron chi connectivity index (χ3n) is 8.25. The first-order valence-corrected chi connectivity index (χ1v) is 12.8. The van der Waals surface area contributed by atoms with E-state index in [-0.39, 0.29) is 0 Å². The predicted octanol–water partition coefficient (Wildman–Crippen LogP) is 2.63. The molecule has 0 spiro atoms. The molecule has 6 nitrogen and oxygen atoms in total. The van der Waals surface area contributed by atoms with Crippen molar-refractivity contribution in [2.45, 2.75) is 50.4 Å². The molecular formula is C27H37N5O. The summed E-state index contributed by atoms with van der Waals surface area (Å²) in [6.45, 7) is 8.29. The zero-order valence-corrected chi connectivity index (χ0v) is 19.9. The summed E-state index contributed by atoms with van der Waals surface area (Å²) in [6.07, 6.45) is 6.72. The molecule has 4 aliphatic rings. The van der Waals surface area contributed by atoms with E-state index in [0.717, 1.165) is 58.9 Å². The number of likely N-dealkylation sites (N-methyl/N-ethyl adjacent to an activating group) is 1. The van der Waals surface area contributed by atoms with Crippen molar-refractivity contribution in [1.82, 2.24) is 20.1 Å². The van der Waals surface area contributed by atoms with Crippen molar-refractivity contribution in [3.8, 4) is 0 Å². The number of rotatable bonds is 5. The second-order valence-corrected chi connectivity index (χ2v) is 10.3. The molecule has 1 aromatic carbocycles. The lowest BCUT2D eigenvalue weighted by Gasteiger charge is -2.49. The Morgan fingerprint density at radius 3 is 2.85 bits per heavy atom. The van der Waals surface area contributed by atoms with Crippen molar-refractivity contribution in [3.05, 3.63) is 58.9 Å². The van der Waals surface area contributed by atoms with E-state index in [1.165, 1.54) is 41.8 Å². The highest BCUT2D eigenvalue weighted by Crippen LogP contribution is 2.35. The van der Waals surface area contributed by atoms with Crippen LogP contribution in [0.25, 0.3) is 0 Å². The van der Waals surface area contributed by atoms with Crippen LogP contribution in [0.1, 0.15) is 41.3 Å². The quantitative estimate of drug-likeness (QED) is 0.760. The van der Waals surface area contributed by atoms with Crippen molar-refractivity contribution >= 4 is 5.69 Å². The lowest BCUT2D eigenvalue weighted by molar-refractivity contribution is 0.0105. The van der Waals surface area contributed by atoms with Crippen molar-refractivity contribution in [3.63, 3.8) is 0 Å². The topological polar surface area (TPSA) is 43.9 Å². The highest BCUT2D eigenvalue weighted by atomic mass is 16.5. The van der Waals surface area contributed by atoms with E-state index < -0.39 is 0 Å². The van der Waals surface area contributed by atoms with Gasteiger partial charge in [-0.2, -0.15) is 0 Å². The second kappa shape index (κ2) is 9.34. The maximum atomic E-state index is 5.54. The Labute approximate surface area is 197 Å². The van der Waals surface area contributed by atoms with E-state index in [4.69, 9.17) is 9.72 Å². The van der Waals surface area contributed by atoms with E-state index in [1.807, 2.05) is 6.20 Å². The average molecular weight is 448 g/mol. The van der Waals surface area contributed by atoms with Gasteiger partial charge in [-0.1, -0.05) is 18.2 Å². The van der Waals surface area contributed by atoms with Gasteiger partial charge in [-0.15, -0.1) is 0 Å². The van der Waals surface area contributed by atoms with E-state index in [2.05, 4.69) is 57.4 Å². The summed E-state index contributed by atoms with van der Waals surface area (Å²) >= 11 is 0. The molecule has 0 unspecified atom stereocenters. The Hall–Kier alpha value is -1.99. The fourth-order valence-electron chi connectivity index (χ4n) is 6.34. The SMILES string of the molecule is CN(C[C@H]1Cc2c(cccc2N2CC(N3CCOCC3)C2)CN1)[C@H]1CCCc2cccnc21. The van der Waals surface area contributed by atoms with Crippen molar-refractivity contribution in [2.75, 3.05) is 57.9 Å². The largest absolute Gasteiger partial charge is 0.379 e. The van der Waals surface area contributed by atoms with Crippen molar-refractivity contribution in [1.29, 1.82) is 0 Å². The van der Waals surface area contributed by atoms with Gasteiger partial charge >= 0.3 is 0 Å². The van der Waals surface area contributed by atoms with E-state index in [0.29, 0.717) is 18.1 Å². The molecule has 2 saturated heterocycles. The minimum Gasteiger partial charge on any atom is -0.379 e. The first kappa shape index (κ1) is 21.5. The van der Waals surface area contributed by atoms with Gasteiger partial charge in [-0.25, -0.2) is 0 Å². The van der Waals surface area contributed by atoms with Gasteiger partial charge in [0.25, 0.3) is 0 Å². The minimum atomic E-state index is 0.443. The molecule has 1 aliphatic carbocycles. The summed E-state index contributed by atoms with van der Waals surface area (Å²) in [5.74, 6) is 0. The summed E-state index contributed by atoms with van der Waals surface area (Å²) in [6, 6.07) is 12.9. The molecule has 4 heterocycles. The molecule has 1 N–H and O–H groups in total. The fourth-order valence-corrected chi connectivity index (χ4v) is 6.34. The van der Waals surface area contributed by atoms with Crippen LogP contribution >= 0.6 is 0 Å². The highest BCUT2D eigenvalue weighted by Gasteiger charge is 2.35. The van der Waals surface area contributed by atoms with Gasteiger partial charge in [-0.3, -0.25) is 14.8 Å². The fraction of sp³-hybridized carbons (Fsp3) is 0.593. The van der Waals surface area contributed by atoms with Gasteiger partial charge in [-0.05, 0) is 61.6 Å². The molecule has 1 aromatic heterocycles. The number of aryl methyl sites for hydroxylation is 1. The van der Waals surface area contributed by atoms with Crippen molar-refractivity contribution in [2.24, 2.45) is 0 Å². The lowest BCUT2D eigenvalue weighted by Crippen LogP contribution is -2.62. The van der Waals surface area contributed by atoms with E-state index in [9.17, 15) is 0 Å². The number of pyridine rings is 1. The first-order chi connectivity index (χ1) is 16.3. The maximum absolute atomic E-state index is 5.54. The van der Waals surface area contributed by atoms with Crippen LogP contribution in [0.3, 0.4) is 0 Å². The predicted molar refractivity (Wildman–Crippen MR) is 132 cm³/mol. The molecule has 6 heteroatoms. The van der Waals surface area contributed by atoms with Crippen LogP contribution in [0.2, 0.25) is 0 Å². The number of ether oxygens (including phenoxy) is 1. The Bertz CT molecular complexity index is 969. The number of nitrogens with zero attached hydrogens (tertiary/aromatic N) is 4. The molecule has 2 fully saturated rings. The van der Waals surface area contributed by atoms with Gasteiger partial charge in [0.1, 0.15) is 0 Å². The smallest absolute Gasteiger partial charge is 0.0607 e. The number of anilines is 1. The first-order valence-electron chi connectivity index (χ1n) is 12.8. The highest BCUT2D eigenvalue weighted by molar-refractivity contribution is 5.60. The molecule has 0 amide bonds. The van der Waals surface area contributed by atoms with Gasteiger partial charge in [0.05, 0.1) is 24.9 Å². The summed E-state index contributed by atoms with van der Waals surface area (Å²) in [5.41, 5.74) is 7.26. The monoisotopic (exact) mass is 447 g/mol. The van der Waals surface area contributed by atoms with Gasteiger partial charge in [0, 0.05) is 63.2 Å². The normalized spacial score (nSPS) is 26.1. The lowest BCUT2D eigenvalue weighted by atomic mass is 9.89. The number of morpholine rings is 1. The molecule has 2 aromatic rings. The van der Waals surface area contributed by atoms with Gasteiger partial charge < -0.3 is 15.0 Å². The zero-order valence-electron chi connectivity index (χ0n) is 19.9. The van der Waals surface area contributed by atoms with Crippen LogP contribution in [-0.2, 0) is 24.1 Å². The Morgan fingerprint density at radius 1 is 1.12 bits per heavy atom. The molecule has 0 saturated carbocycles. The summed E-state index contributed by atoms with van der Waals surface area (Å²) in [4.78, 5) is 12.5. The number of benzene rings is 1. The summed E-state index contributed by atoms with van der Waals surface area (Å²) in [5, 5.41) is 3.83. The number of hydrogen-bond donors (Lipinski definition) is 1. The third-order valence-corrected chi connectivity index (χ3v) is 8.25. The van der Waals surface area contributed by atoms with E-state index >= 15 is 0 Å². The second-order valence-electron chi connectivity index (χ2n) is 10.3. The zero-order chi connectivity index (χ0) is 22.2. The van der Waals surface area contributed by atoms with Gasteiger partial charge in [0.15, 0.2) is 0 Å². The minimum absolute atomic E-state index is 0.443. The Morgan fingerprint density at radius 2 is 1.97 bits per heavy atom. The van der Waals surface area contributed by atoms with Crippen LogP contribution in [0, 0.1) is 0 Å². The molecule has 3 aliphatic heterocycles. The number of aromatic nitrogens is 1. The molecule has 33 heavy (non-hydrogen) atoms. The molecule has 2 atom stereocenters. The Balaban J connectivity index is 1.12. The molecule has 176 valence electrons. The third kappa shape index (κ3) is 4.30. The Kier molecular flexibility index (Phi) is 6.09. The van der Waals surface area contributed by atoms with Crippen LogP contribution in [0.4, 0.5) is 5.69 Å². The van der Waals surface area contributed by atoms with Gasteiger partial charge in [0.2, 0.25) is 0 Å². The number of hydrogen-bond acceptors (Lipinski definition) is 6. The molecule has 6 rings (SSSR count). The summed E-state index contributed by atoms with van der Waals surface area (Å²) < 4.78 is 5.54. The molecule has 0 bridgehead atoms. The van der Waals surface area contributed by atoms with Crippen LogP contribution in [0.5, 0.6) is 0 Å². The maximum Gasteiger partial charge on any atom is 0.0607 e. The number of nitrogens with one attached hydrogen (secondary N) is 1.